The first-order chi connectivity index (χ1) is 20.5. The lowest BCUT2D eigenvalue weighted by Gasteiger charge is -2.37. The van der Waals surface area contributed by atoms with Crippen LogP contribution in [0.1, 0.15) is 49.3 Å². The van der Waals surface area contributed by atoms with E-state index in [-0.39, 0.29) is 17.6 Å². The zero-order valence-electron chi connectivity index (χ0n) is 25.3. The van der Waals surface area contributed by atoms with Crippen LogP contribution in [-0.4, -0.2) is 73.2 Å². The van der Waals surface area contributed by atoms with Gasteiger partial charge >= 0.3 is 6.09 Å². The minimum absolute atomic E-state index is 0.177. The Labute approximate surface area is 257 Å². The van der Waals surface area contributed by atoms with Crippen LogP contribution in [0.4, 0.5) is 4.79 Å². The predicted octanol–water partition coefficient (Wildman–Crippen LogP) is 7.29. The third-order valence-electron chi connectivity index (χ3n) is 9.38. The van der Waals surface area contributed by atoms with Crippen molar-refractivity contribution in [1.82, 2.24) is 14.7 Å². The number of hydrogen-bond acceptors (Lipinski definition) is 4. The van der Waals surface area contributed by atoms with Gasteiger partial charge in [0.15, 0.2) is 0 Å². The van der Waals surface area contributed by atoms with E-state index < -0.39 is 0 Å². The Balaban J connectivity index is 1.11. The van der Waals surface area contributed by atoms with Gasteiger partial charge in [0.2, 0.25) is 0 Å². The van der Waals surface area contributed by atoms with Gasteiger partial charge in [-0.15, -0.1) is 0 Å². The molecule has 0 spiro atoms. The lowest BCUT2D eigenvalue weighted by atomic mass is 9.91. The van der Waals surface area contributed by atoms with Crippen molar-refractivity contribution < 1.29 is 9.53 Å². The summed E-state index contributed by atoms with van der Waals surface area (Å²) >= 11 is 6.47. The quantitative estimate of drug-likeness (QED) is 0.210. The Morgan fingerprint density at radius 2 is 1.67 bits per heavy atom. The monoisotopic (exact) mass is 587 g/mol. The number of amides is 1. The Kier molecular flexibility index (Phi) is 10.6. The number of rotatable bonds is 13. The van der Waals surface area contributed by atoms with E-state index in [0.29, 0.717) is 19.1 Å². The van der Waals surface area contributed by atoms with Crippen LogP contribution < -0.4 is 0 Å². The number of nitrogens with zero attached hydrogens (tertiary/aromatic N) is 3. The molecule has 2 aliphatic rings. The van der Waals surface area contributed by atoms with E-state index in [0.717, 1.165) is 62.6 Å². The minimum Gasteiger partial charge on any atom is -0.445 e. The van der Waals surface area contributed by atoms with Gasteiger partial charge in [-0.25, -0.2) is 4.79 Å². The molecule has 1 aliphatic heterocycles. The molecule has 0 unspecified atom stereocenters. The summed E-state index contributed by atoms with van der Waals surface area (Å²) in [6, 6.07) is 29.5. The first-order valence-electron chi connectivity index (χ1n) is 15.6. The molecule has 42 heavy (non-hydrogen) atoms. The van der Waals surface area contributed by atoms with Gasteiger partial charge in [-0.05, 0) is 87.4 Å². The van der Waals surface area contributed by atoms with Crippen LogP contribution >= 0.6 is 11.6 Å². The number of piperidine rings is 1. The standard InChI is InChI=1S/C36H46ClN3O2/c1-3-40(35(41)42-27-30-13-8-5-9-14-30)34-19-23-39(24-20-34)22-18-32-26-36(32,31-15-10-16-33(37)25-31)28-38(2)21-17-29-11-6-4-7-12-29/h4-16,25,32,34H,3,17-24,26-28H2,1-2H3/t32-,36-/m1/s1. The van der Waals surface area contributed by atoms with Crippen molar-refractivity contribution in [3.05, 3.63) is 107 Å². The average Bonchev–Trinajstić information content (AvgIpc) is 3.73. The maximum absolute atomic E-state index is 12.9. The number of likely N-dealkylation sites (N-methyl/N-ethyl adjacent to an activating group) is 1. The molecule has 1 amide bonds. The van der Waals surface area contributed by atoms with E-state index in [9.17, 15) is 4.79 Å². The fourth-order valence-corrected chi connectivity index (χ4v) is 7.04. The third-order valence-corrected chi connectivity index (χ3v) is 9.62. The second-order valence-electron chi connectivity index (χ2n) is 12.2. The maximum atomic E-state index is 12.9. The molecule has 6 heteroatoms. The van der Waals surface area contributed by atoms with Crippen molar-refractivity contribution in [2.24, 2.45) is 5.92 Å². The van der Waals surface area contributed by atoms with Crippen molar-refractivity contribution in [3.8, 4) is 0 Å². The average molecular weight is 588 g/mol. The van der Waals surface area contributed by atoms with Crippen molar-refractivity contribution in [1.29, 1.82) is 0 Å². The van der Waals surface area contributed by atoms with E-state index in [1.54, 1.807) is 0 Å². The van der Waals surface area contributed by atoms with Crippen molar-refractivity contribution in [2.75, 3.05) is 46.3 Å². The second kappa shape index (κ2) is 14.5. The van der Waals surface area contributed by atoms with Crippen LogP contribution in [0.25, 0.3) is 0 Å². The topological polar surface area (TPSA) is 36.0 Å². The molecular weight excluding hydrogens is 542 g/mol. The zero-order valence-corrected chi connectivity index (χ0v) is 26.0. The lowest BCUT2D eigenvalue weighted by Crippen LogP contribution is -2.47. The fraction of sp³-hybridized carbons (Fsp3) is 0.472. The van der Waals surface area contributed by atoms with E-state index >= 15 is 0 Å². The van der Waals surface area contributed by atoms with Gasteiger partial charge in [-0.3, -0.25) is 0 Å². The number of carbonyl (C=O) groups is 1. The number of likely N-dealkylation sites (tertiary alicyclic amines) is 1. The summed E-state index contributed by atoms with van der Waals surface area (Å²) in [6.07, 6.45) is 5.29. The summed E-state index contributed by atoms with van der Waals surface area (Å²) < 4.78 is 5.66. The van der Waals surface area contributed by atoms with Crippen LogP contribution in [0.15, 0.2) is 84.9 Å². The lowest BCUT2D eigenvalue weighted by molar-refractivity contribution is 0.0626. The molecule has 0 radical (unpaired) electrons. The Morgan fingerprint density at radius 3 is 2.33 bits per heavy atom. The summed E-state index contributed by atoms with van der Waals surface area (Å²) in [6.45, 7) is 8.33. The molecule has 5 rings (SSSR count). The van der Waals surface area contributed by atoms with Crippen LogP contribution in [-0.2, 0) is 23.2 Å². The predicted molar refractivity (Wildman–Crippen MR) is 172 cm³/mol. The van der Waals surface area contributed by atoms with E-state index in [4.69, 9.17) is 16.3 Å². The van der Waals surface area contributed by atoms with E-state index in [2.05, 4.69) is 72.3 Å². The SMILES string of the molecule is CCN(C(=O)OCc1ccccc1)C1CCN(CC[C@@H]2C[C@@]2(CN(C)CCc2ccccc2)c2cccc(Cl)c2)CC1. The Morgan fingerprint density at radius 1 is 0.976 bits per heavy atom. The van der Waals surface area contributed by atoms with Gasteiger partial charge in [0.1, 0.15) is 6.61 Å². The van der Waals surface area contributed by atoms with Crippen LogP contribution in [0.2, 0.25) is 5.02 Å². The highest BCUT2D eigenvalue weighted by Gasteiger charge is 2.55. The molecule has 0 N–H and O–H groups in total. The van der Waals surface area contributed by atoms with Crippen molar-refractivity contribution >= 4 is 17.7 Å². The van der Waals surface area contributed by atoms with Crippen LogP contribution in [0, 0.1) is 5.92 Å². The Hall–Kier alpha value is -2.86. The minimum atomic E-state index is -0.194. The van der Waals surface area contributed by atoms with Gasteiger partial charge < -0.3 is 19.4 Å². The molecule has 1 saturated carbocycles. The maximum Gasteiger partial charge on any atom is 0.410 e. The molecule has 1 saturated heterocycles. The van der Waals surface area contributed by atoms with Gasteiger partial charge in [0.25, 0.3) is 0 Å². The van der Waals surface area contributed by atoms with Gasteiger partial charge in [0.05, 0.1) is 0 Å². The molecular formula is C36H46ClN3O2. The molecule has 2 atom stereocenters. The highest BCUT2D eigenvalue weighted by molar-refractivity contribution is 6.30. The van der Waals surface area contributed by atoms with E-state index in [1.165, 1.54) is 24.0 Å². The van der Waals surface area contributed by atoms with E-state index in [1.807, 2.05) is 41.3 Å². The molecule has 3 aromatic rings. The second-order valence-corrected chi connectivity index (χ2v) is 12.7. The molecule has 2 fully saturated rings. The first kappa shape index (κ1) is 30.6. The summed E-state index contributed by atoms with van der Waals surface area (Å²) in [4.78, 5) is 19.9. The summed E-state index contributed by atoms with van der Waals surface area (Å²) in [7, 11) is 2.26. The molecule has 3 aromatic carbocycles. The third kappa shape index (κ3) is 7.94. The number of benzene rings is 3. The van der Waals surface area contributed by atoms with Crippen molar-refractivity contribution in [2.45, 2.75) is 57.1 Å². The molecule has 1 heterocycles. The molecule has 224 valence electrons. The van der Waals surface area contributed by atoms with Crippen LogP contribution in [0.5, 0.6) is 0 Å². The summed E-state index contributed by atoms with van der Waals surface area (Å²) in [5, 5.41) is 0.828. The number of ether oxygens (including phenoxy) is 1. The van der Waals surface area contributed by atoms with Gasteiger partial charge in [-0.1, -0.05) is 84.4 Å². The molecule has 0 aromatic heterocycles. The Bertz CT molecular complexity index is 1260. The highest BCUT2D eigenvalue weighted by Crippen LogP contribution is 2.56. The molecule has 0 bridgehead atoms. The number of halogens is 1. The largest absolute Gasteiger partial charge is 0.445 e. The van der Waals surface area contributed by atoms with Crippen LogP contribution in [0.3, 0.4) is 0 Å². The summed E-state index contributed by atoms with van der Waals surface area (Å²) in [5.41, 5.74) is 3.98. The zero-order chi connectivity index (χ0) is 29.4. The first-order valence-corrected chi connectivity index (χ1v) is 16.0. The smallest absolute Gasteiger partial charge is 0.410 e. The van der Waals surface area contributed by atoms with Gasteiger partial charge in [0, 0.05) is 49.2 Å². The van der Waals surface area contributed by atoms with Gasteiger partial charge in [-0.2, -0.15) is 0 Å². The highest BCUT2D eigenvalue weighted by atomic mass is 35.5. The molecule has 5 nitrogen and oxygen atoms in total. The summed E-state index contributed by atoms with van der Waals surface area (Å²) in [5.74, 6) is 0.660. The molecule has 1 aliphatic carbocycles. The normalized spacial score (nSPS) is 20.9. The van der Waals surface area contributed by atoms with Crippen molar-refractivity contribution in [3.63, 3.8) is 0 Å². The number of hydrogen-bond donors (Lipinski definition) is 0. The fourth-order valence-electron chi connectivity index (χ4n) is 6.85. The number of carbonyl (C=O) groups excluding carboxylic acids is 1.